The molecule has 5 heteroatoms. The normalized spacial score (nSPS) is 14.6. The van der Waals surface area contributed by atoms with Gasteiger partial charge in [-0.05, 0) is 0 Å². The number of rotatable bonds is 3. The third kappa shape index (κ3) is 5.99. The summed E-state index contributed by atoms with van der Waals surface area (Å²) in [6, 6.07) is 0. The number of nitrogens with zero attached hydrogens (tertiary/aromatic N) is 1. The van der Waals surface area contributed by atoms with Crippen LogP contribution >= 0.6 is 0 Å². The van der Waals surface area contributed by atoms with Gasteiger partial charge in [0.2, 0.25) is 0 Å². The van der Waals surface area contributed by atoms with Crippen LogP contribution in [0.1, 0.15) is 48.0 Å². The standard InChI is InChI=1S/C9H14N.C4H9.C2H7Si.2ClH.Zr/c1-9(2,3)10-8-6-4-5-7-8;1-4(2)3;1-3-2;;;/h4-6H,7H2,1-3H3;1-3H3;3H,1-2H3;2*1H;/q-1;;;;;+3/p-2. The van der Waals surface area contributed by atoms with Crippen molar-refractivity contribution in [3.63, 3.8) is 0 Å². The topological polar surface area (TPSA) is 3.24 Å². The molecule has 0 spiro atoms. The summed E-state index contributed by atoms with van der Waals surface area (Å²) in [5.41, 5.74) is 1.88. The van der Waals surface area contributed by atoms with E-state index in [1.807, 2.05) is 0 Å². The molecule has 0 atom stereocenters. The largest absolute Gasteiger partial charge is 1.00 e. The summed E-state index contributed by atoms with van der Waals surface area (Å²) in [6.45, 7) is 19.8. The zero-order valence-electron chi connectivity index (χ0n) is 14.2. The molecule has 117 valence electrons. The van der Waals surface area contributed by atoms with Gasteiger partial charge in [-0.3, -0.25) is 0 Å². The summed E-state index contributed by atoms with van der Waals surface area (Å²) < 4.78 is 3.45. The second kappa shape index (κ2) is 8.56. The molecule has 1 rings (SSSR count). The number of hydrogen-bond donors (Lipinski definition) is 0. The average Bonchev–Trinajstić information content (AvgIpc) is 2.61. The van der Waals surface area contributed by atoms with Crippen molar-refractivity contribution in [1.29, 1.82) is 0 Å². The van der Waals surface area contributed by atoms with Crippen molar-refractivity contribution in [1.82, 2.24) is 2.84 Å². The molecule has 0 radical (unpaired) electrons. The predicted octanol–water partition coefficient (Wildman–Crippen LogP) is -1.33. The minimum Gasteiger partial charge on any atom is -1.00 e. The molecule has 1 aliphatic rings. The van der Waals surface area contributed by atoms with Crippen LogP contribution in [0, 0.1) is 0 Å². The van der Waals surface area contributed by atoms with E-state index in [0.717, 1.165) is 6.42 Å². The Hall–Kier alpha value is 0.960. The first-order valence-corrected chi connectivity index (χ1v) is 16.6. The molecule has 0 unspecified atom stereocenters. The van der Waals surface area contributed by atoms with Crippen molar-refractivity contribution < 1.29 is 46.0 Å². The monoisotopic (exact) mass is 412 g/mol. The van der Waals surface area contributed by atoms with Gasteiger partial charge in [0.25, 0.3) is 0 Å². The van der Waals surface area contributed by atoms with Gasteiger partial charge in [-0.25, -0.2) is 0 Å². The summed E-state index contributed by atoms with van der Waals surface area (Å²) in [5.74, 6) is -0.570. The maximum absolute atomic E-state index is 2.91. The first kappa shape index (κ1) is 23.2. The van der Waals surface area contributed by atoms with Gasteiger partial charge in [0.1, 0.15) is 0 Å². The van der Waals surface area contributed by atoms with Crippen LogP contribution in [0.15, 0.2) is 23.9 Å². The SMILES string of the molecule is C[SiH](C)[Zr+2]([N](C1=CC=CC1)C(C)(C)C)[C](C)(C)C.[Cl-].[Cl-]. The van der Waals surface area contributed by atoms with Gasteiger partial charge in [0.05, 0.1) is 0 Å². The molecular formula is C15H30Cl2NSiZr. The fourth-order valence-electron chi connectivity index (χ4n) is 3.01. The quantitative estimate of drug-likeness (QED) is 0.518. The average molecular weight is 415 g/mol. The molecule has 0 aromatic rings. The Morgan fingerprint density at radius 1 is 1.05 bits per heavy atom. The van der Waals surface area contributed by atoms with Gasteiger partial charge in [-0.15, -0.1) is 0 Å². The van der Waals surface area contributed by atoms with E-state index in [-0.39, 0.29) is 30.4 Å². The first-order chi connectivity index (χ1) is 8.05. The van der Waals surface area contributed by atoms with E-state index >= 15 is 0 Å². The molecule has 0 aliphatic heterocycles. The van der Waals surface area contributed by atoms with Crippen LogP contribution < -0.4 is 24.8 Å². The van der Waals surface area contributed by atoms with Crippen LogP contribution in [0.3, 0.4) is 0 Å². The van der Waals surface area contributed by atoms with Crippen molar-refractivity contribution >= 4 is 5.92 Å². The minimum absolute atomic E-state index is 0. The van der Waals surface area contributed by atoms with Crippen LogP contribution in [0.25, 0.3) is 0 Å². The Kier molecular flexibility index (Phi) is 9.94. The molecule has 0 aromatic carbocycles. The molecule has 0 bridgehead atoms. The van der Waals surface area contributed by atoms with Crippen molar-refractivity contribution in [3.05, 3.63) is 23.9 Å². The van der Waals surface area contributed by atoms with E-state index < -0.39 is 27.1 Å². The molecule has 0 saturated carbocycles. The zero-order chi connectivity index (χ0) is 14.1. The number of halogens is 2. The maximum Gasteiger partial charge on any atom is -1.00 e. The van der Waals surface area contributed by atoms with Gasteiger partial charge >= 0.3 is 124 Å². The van der Waals surface area contributed by atoms with E-state index in [2.05, 4.69) is 75.7 Å². The first-order valence-electron chi connectivity index (χ1n) is 7.08. The van der Waals surface area contributed by atoms with Gasteiger partial charge < -0.3 is 24.8 Å². The fourth-order valence-corrected chi connectivity index (χ4v) is 29.7. The molecule has 0 amide bonds. The van der Waals surface area contributed by atoms with Crippen LogP contribution in [-0.4, -0.2) is 14.3 Å². The third-order valence-corrected chi connectivity index (χ3v) is 26.4. The van der Waals surface area contributed by atoms with Crippen LogP contribution in [-0.2, 0) is 21.2 Å². The molecule has 0 heterocycles. The predicted molar refractivity (Wildman–Crippen MR) is 82.0 cm³/mol. The van der Waals surface area contributed by atoms with Crippen LogP contribution in [0.4, 0.5) is 0 Å². The molecule has 0 N–H and O–H groups in total. The van der Waals surface area contributed by atoms with Gasteiger partial charge in [0, 0.05) is 0 Å². The summed E-state index contributed by atoms with van der Waals surface area (Å²) in [7, 11) is 0. The van der Waals surface area contributed by atoms with E-state index in [9.17, 15) is 0 Å². The summed E-state index contributed by atoms with van der Waals surface area (Å²) in [4.78, 5) is 0. The Morgan fingerprint density at radius 3 is 1.80 bits per heavy atom. The van der Waals surface area contributed by atoms with Crippen molar-refractivity contribution in [2.45, 2.75) is 69.7 Å². The third-order valence-electron chi connectivity index (χ3n) is 3.27. The summed E-state index contributed by atoms with van der Waals surface area (Å²) in [6.07, 6.45) is 8.05. The Balaban J connectivity index is 0. The molecule has 0 saturated heterocycles. The van der Waals surface area contributed by atoms with E-state index in [4.69, 9.17) is 0 Å². The summed E-state index contributed by atoms with van der Waals surface area (Å²) in [5, 5.41) is 0. The smallest absolute Gasteiger partial charge is 1.00 e. The van der Waals surface area contributed by atoms with Crippen LogP contribution in [0.5, 0.6) is 0 Å². The number of hydrogen-bond acceptors (Lipinski definition) is 1. The Morgan fingerprint density at radius 2 is 1.55 bits per heavy atom. The van der Waals surface area contributed by atoms with E-state index in [0.29, 0.717) is 3.12 Å². The van der Waals surface area contributed by atoms with Crippen molar-refractivity contribution in [3.8, 4) is 0 Å². The molecule has 1 aliphatic carbocycles. The molecule has 20 heavy (non-hydrogen) atoms. The fraction of sp³-hybridized carbons (Fsp3) is 0.733. The van der Waals surface area contributed by atoms with Crippen molar-refractivity contribution in [2.75, 3.05) is 0 Å². The summed E-state index contributed by atoms with van der Waals surface area (Å²) >= 11 is -1.60. The number of allylic oxidation sites excluding steroid dienone is 3. The zero-order valence-corrected chi connectivity index (χ0v) is 19.3. The van der Waals surface area contributed by atoms with Crippen molar-refractivity contribution in [2.24, 2.45) is 0 Å². The van der Waals surface area contributed by atoms with E-state index in [1.165, 1.54) is 0 Å². The van der Waals surface area contributed by atoms with Gasteiger partial charge in [-0.2, -0.15) is 0 Å². The Bertz CT molecular complexity index is 354. The molecule has 1 nitrogen and oxygen atoms in total. The van der Waals surface area contributed by atoms with E-state index in [1.54, 1.807) is 5.70 Å². The second-order valence-corrected chi connectivity index (χ2v) is 28.3. The minimum atomic E-state index is -1.60. The molecule has 0 fully saturated rings. The Labute approximate surface area is 147 Å². The van der Waals surface area contributed by atoms with Crippen LogP contribution in [0.2, 0.25) is 16.2 Å². The molecular weight excluding hydrogens is 384 g/mol. The molecule has 0 aromatic heterocycles. The van der Waals surface area contributed by atoms with Gasteiger partial charge in [-0.1, -0.05) is 0 Å². The maximum atomic E-state index is 2.91. The van der Waals surface area contributed by atoms with Gasteiger partial charge in [0.15, 0.2) is 0 Å². The second-order valence-electron chi connectivity index (χ2n) is 7.59.